The fraction of sp³-hybridized carbons (Fsp3) is 0.900. The number of aliphatic carboxylic acids is 1. The molecule has 0 saturated carbocycles. The number of hydrogen-bond donors (Lipinski definition) is 4. The Morgan fingerprint density at radius 1 is 0.875 bits per heavy atom. The zero-order valence-corrected chi connectivity index (χ0v) is 40.8. The van der Waals surface area contributed by atoms with E-state index in [1.807, 2.05) is 46.8 Å². The van der Waals surface area contributed by atoms with Gasteiger partial charge in [0, 0.05) is 36.8 Å². The Labute approximate surface area is 383 Å². The second kappa shape index (κ2) is 21.0. The number of piperidine rings is 1. The molecule has 0 bridgehead atoms. The number of nitrogens with one attached hydrogen (secondary N) is 1. The van der Waals surface area contributed by atoms with Crippen LogP contribution >= 0.6 is 0 Å². The van der Waals surface area contributed by atoms with Crippen molar-refractivity contribution in [2.24, 2.45) is 41.4 Å². The second-order valence-corrected chi connectivity index (χ2v) is 21.3. The molecule has 6 aliphatic rings. The van der Waals surface area contributed by atoms with Crippen LogP contribution in [0, 0.1) is 41.4 Å². The molecule has 2 unspecified atom stereocenters. The van der Waals surface area contributed by atoms with E-state index in [2.05, 4.69) is 45.0 Å². The minimum absolute atomic E-state index is 0.00483. The van der Waals surface area contributed by atoms with E-state index in [1.165, 1.54) is 0 Å². The number of hydrogen-bond acceptors (Lipinski definition) is 12. The largest absolute Gasteiger partial charge is 0.481 e. The number of Topliss-reactive ketones (excluding diaryl/α,β-unsaturated/α-hetero) is 1. The molecule has 6 rings (SSSR count). The molecule has 1 spiro atoms. The van der Waals surface area contributed by atoms with Gasteiger partial charge in [-0.25, -0.2) is 4.79 Å². The summed E-state index contributed by atoms with van der Waals surface area (Å²) in [4.78, 5) is 42.5. The van der Waals surface area contributed by atoms with Gasteiger partial charge in [-0.2, -0.15) is 0 Å². The van der Waals surface area contributed by atoms with Gasteiger partial charge in [-0.1, -0.05) is 61.5 Å². The number of likely N-dealkylation sites (tertiary alicyclic amines) is 1. The summed E-state index contributed by atoms with van der Waals surface area (Å²) in [6, 6.07) is -0.589. The zero-order chi connectivity index (χ0) is 46.9. The molecule has 14 nitrogen and oxygen atoms in total. The summed E-state index contributed by atoms with van der Waals surface area (Å²) >= 11 is 0. The maximum absolute atomic E-state index is 14.7. The predicted molar refractivity (Wildman–Crippen MR) is 241 cm³/mol. The number of aliphatic hydroxyl groups is 2. The summed E-state index contributed by atoms with van der Waals surface area (Å²) in [7, 11) is 2.07. The minimum atomic E-state index is -1.23. The third-order valence-corrected chi connectivity index (χ3v) is 16.9. The third kappa shape index (κ3) is 10.7. The zero-order valence-electron chi connectivity index (χ0n) is 40.8. The Balaban J connectivity index is 1.21. The molecule has 1 amide bonds. The Kier molecular flexibility index (Phi) is 16.8. The number of ether oxygens (including phenoxy) is 6. The first-order valence-corrected chi connectivity index (χ1v) is 25.1. The highest BCUT2D eigenvalue weighted by atomic mass is 16.7. The van der Waals surface area contributed by atoms with Crippen LogP contribution in [0.1, 0.15) is 146 Å². The number of aliphatic hydroxyl groups excluding tert-OH is 1. The van der Waals surface area contributed by atoms with E-state index < -0.39 is 89.3 Å². The summed E-state index contributed by atoms with van der Waals surface area (Å²) < 4.78 is 40.3. The van der Waals surface area contributed by atoms with Crippen LogP contribution in [0.25, 0.3) is 0 Å². The van der Waals surface area contributed by atoms with Gasteiger partial charge in [-0.3, -0.25) is 9.59 Å². The molecular weight excluding hydrogens is 821 g/mol. The number of carbonyl (C=O) groups excluding carboxylic acids is 2. The van der Waals surface area contributed by atoms with Crippen LogP contribution in [-0.2, 0) is 38.0 Å². The number of carbonyl (C=O) groups is 3. The lowest BCUT2D eigenvalue weighted by molar-refractivity contribution is -0.327. The van der Waals surface area contributed by atoms with Crippen LogP contribution < -0.4 is 5.32 Å². The topological polar surface area (TPSA) is 183 Å². The van der Waals surface area contributed by atoms with Gasteiger partial charge in [0.15, 0.2) is 5.79 Å². The summed E-state index contributed by atoms with van der Waals surface area (Å²) in [5.74, 6) is -4.51. The molecular formula is C50H84N2O12. The molecule has 0 radical (unpaired) electrons. The smallest absolute Gasteiger partial charge is 0.407 e. The van der Waals surface area contributed by atoms with Crippen molar-refractivity contribution in [3.05, 3.63) is 12.2 Å². The molecule has 4 N–H and O–H groups in total. The van der Waals surface area contributed by atoms with Crippen molar-refractivity contribution in [3.8, 4) is 0 Å². The summed E-state index contributed by atoms with van der Waals surface area (Å²) in [5, 5.41) is 36.1. The lowest BCUT2D eigenvalue weighted by Crippen LogP contribution is -2.62. The van der Waals surface area contributed by atoms with Gasteiger partial charge in [0.05, 0.1) is 65.9 Å². The Morgan fingerprint density at radius 2 is 1.56 bits per heavy atom. The molecule has 0 aromatic rings. The number of rotatable bonds is 15. The van der Waals surface area contributed by atoms with Gasteiger partial charge in [0.25, 0.3) is 0 Å². The average Bonchev–Trinajstić information content (AvgIpc) is 3.67. The fourth-order valence-electron chi connectivity index (χ4n) is 12.2. The van der Waals surface area contributed by atoms with Crippen molar-refractivity contribution in [1.82, 2.24) is 10.2 Å². The van der Waals surface area contributed by atoms with Crippen LogP contribution in [0.3, 0.4) is 0 Å². The first-order valence-electron chi connectivity index (χ1n) is 25.1. The van der Waals surface area contributed by atoms with Crippen molar-refractivity contribution in [2.75, 3.05) is 20.1 Å². The average molecular weight is 905 g/mol. The first-order chi connectivity index (χ1) is 30.2. The number of amides is 1. The number of carboxylic acids is 1. The minimum Gasteiger partial charge on any atom is -0.481 e. The number of ketones is 1. The molecule has 0 aromatic heterocycles. The van der Waals surface area contributed by atoms with E-state index in [1.54, 1.807) is 6.92 Å². The van der Waals surface area contributed by atoms with Crippen molar-refractivity contribution >= 4 is 17.8 Å². The van der Waals surface area contributed by atoms with E-state index in [0.717, 1.165) is 32.4 Å². The number of carboxylic acid groups (broad SMARTS) is 1. The Bertz CT molecular complexity index is 1620. The van der Waals surface area contributed by atoms with Crippen LogP contribution in [0.4, 0.5) is 4.79 Å². The maximum atomic E-state index is 14.7. The van der Waals surface area contributed by atoms with Crippen molar-refractivity contribution in [3.63, 3.8) is 0 Å². The highest BCUT2D eigenvalue weighted by Crippen LogP contribution is 2.49. The normalized spacial score (nSPS) is 42.4. The van der Waals surface area contributed by atoms with Crippen LogP contribution in [0.2, 0.25) is 0 Å². The summed E-state index contributed by atoms with van der Waals surface area (Å²) in [6.45, 7) is 21.5. The lowest BCUT2D eigenvalue weighted by atomic mass is 9.72. The van der Waals surface area contributed by atoms with E-state index in [4.69, 9.17) is 28.4 Å². The maximum Gasteiger partial charge on any atom is 0.407 e. The molecule has 5 saturated heterocycles. The molecule has 0 aromatic carbocycles. The number of alkyl carbamates (subject to hydrolysis) is 1. The highest BCUT2D eigenvalue weighted by molar-refractivity contribution is 5.84. The van der Waals surface area contributed by atoms with Gasteiger partial charge in [-0.15, -0.1) is 0 Å². The molecule has 14 heteroatoms. The standard InChI is InChI=1S/C50H84N2O12/c1-12-35(46(55)56)38-16-15-28(4)43(61-38)32(8)41(53)31(7)42(54)36(13-2)44-29(5)27-30(6)50(63-44)24-17-37(51-47(57)60-34-20-25-52(11)26-21-34)45(64-50)39-18-22-48(10,62-39)40-19-23-49(58,14-3)33(9)59-40/h17,24,28-41,43-45,53,58H,12-16,18-23,25-27H2,1-11H3,(H,51,57)(H,55,56)/t28-,29-,30+,31-,32-,33-,35+,36-,37+,38+,39?,40+,41+,43+,44-,45?,48-,49+,50-/m0/s1. The molecule has 0 aliphatic carbocycles. The van der Waals surface area contributed by atoms with Gasteiger partial charge < -0.3 is 54.0 Å². The monoisotopic (exact) mass is 905 g/mol. The van der Waals surface area contributed by atoms with Gasteiger partial charge >= 0.3 is 12.1 Å². The molecule has 366 valence electrons. The Hall–Kier alpha value is -2.17. The molecule has 6 heterocycles. The summed E-state index contributed by atoms with van der Waals surface area (Å²) in [6.07, 6.45) is 7.02. The van der Waals surface area contributed by atoms with Crippen molar-refractivity contribution in [1.29, 1.82) is 0 Å². The van der Waals surface area contributed by atoms with Gasteiger partial charge in [-0.05, 0) is 116 Å². The van der Waals surface area contributed by atoms with Crippen molar-refractivity contribution < 1.29 is 58.1 Å². The van der Waals surface area contributed by atoms with E-state index in [0.29, 0.717) is 57.8 Å². The predicted octanol–water partition coefficient (Wildman–Crippen LogP) is 7.06. The third-order valence-electron chi connectivity index (χ3n) is 16.9. The first kappa shape index (κ1) is 51.2. The highest BCUT2D eigenvalue weighted by Gasteiger charge is 2.57. The van der Waals surface area contributed by atoms with E-state index >= 15 is 0 Å². The molecule has 6 aliphatic heterocycles. The lowest BCUT2D eigenvalue weighted by Gasteiger charge is -2.52. The molecule has 19 atom stereocenters. The van der Waals surface area contributed by atoms with Crippen LogP contribution in [-0.4, -0.2) is 136 Å². The molecule has 64 heavy (non-hydrogen) atoms. The quantitative estimate of drug-likeness (QED) is 0.123. The summed E-state index contributed by atoms with van der Waals surface area (Å²) in [5.41, 5.74) is -1.52. The van der Waals surface area contributed by atoms with Crippen LogP contribution in [0.5, 0.6) is 0 Å². The fourth-order valence-corrected chi connectivity index (χ4v) is 12.2. The second-order valence-electron chi connectivity index (χ2n) is 21.3. The van der Waals surface area contributed by atoms with Crippen molar-refractivity contribution in [2.45, 2.75) is 224 Å². The van der Waals surface area contributed by atoms with E-state index in [-0.39, 0.29) is 48.0 Å². The van der Waals surface area contributed by atoms with E-state index in [9.17, 15) is 29.7 Å². The SMILES string of the molecule is CC[C@@H](C(=O)[C@@H](C)[C@@H](O)[C@H](C)[C@@H]1O[C@@H]([C@@H](CC)C(=O)O)CC[C@@H]1C)[C@H]1O[C@]2(C=C[C@@H](NC(=O)OC3CCN(C)CC3)C(C3CC[C@@](C)([C@H]4CC[C@](O)(CC)[C@H](C)O4)O3)O2)[C@H](C)C[C@@H]1C. The van der Waals surface area contributed by atoms with Crippen LogP contribution in [0.15, 0.2) is 12.2 Å². The van der Waals surface area contributed by atoms with Gasteiger partial charge in [0.1, 0.15) is 18.0 Å². The van der Waals surface area contributed by atoms with Gasteiger partial charge in [0.2, 0.25) is 0 Å². The Morgan fingerprint density at radius 3 is 2.19 bits per heavy atom. The number of nitrogens with zero attached hydrogens (tertiary/aromatic N) is 1. The molecule has 5 fully saturated rings.